The lowest BCUT2D eigenvalue weighted by atomic mass is 10.2. The Bertz CT molecular complexity index is 491. The van der Waals surface area contributed by atoms with Crippen LogP contribution in [0.1, 0.15) is 0 Å². The minimum absolute atomic E-state index is 0.623. The summed E-state index contributed by atoms with van der Waals surface area (Å²) in [6.07, 6.45) is 2.02. The second kappa shape index (κ2) is 4.45. The second-order valence-electron chi connectivity index (χ2n) is 3.56. The van der Waals surface area contributed by atoms with E-state index in [9.17, 15) is 0 Å². The fourth-order valence-corrected chi connectivity index (χ4v) is 1.85. The predicted molar refractivity (Wildman–Crippen MR) is 64.1 cm³/mol. The standard InChI is InChI=1S/C12H16N2O2/c1-15-11-7-9-3-5-14(6-4-13)10(9)8-12(11)16-2/h3,5,7-8H,4,6,13H2,1-2H3. The van der Waals surface area contributed by atoms with Crippen molar-refractivity contribution in [1.82, 2.24) is 4.57 Å². The molecule has 0 fully saturated rings. The average Bonchev–Trinajstić information content (AvgIpc) is 2.70. The first-order valence-corrected chi connectivity index (χ1v) is 5.21. The van der Waals surface area contributed by atoms with Gasteiger partial charge in [-0.15, -0.1) is 0 Å². The van der Waals surface area contributed by atoms with E-state index in [2.05, 4.69) is 4.57 Å². The van der Waals surface area contributed by atoms with E-state index in [0.29, 0.717) is 6.54 Å². The van der Waals surface area contributed by atoms with E-state index >= 15 is 0 Å². The van der Waals surface area contributed by atoms with Crippen molar-refractivity contribution in [2.45, 2.75) is 6.54 Å². The monoisotopic (exact) mass is 220 g/mol. The highest BCUT2D eigenvalue weighted by atomic mass is 16.5. The van der Waals surface area contributed by atoms with Crippen LogP contribution >= 0.6 is 0 Å². The first-order valence-electron chi connectivity index (χ1n) is 5.21. The summed E-state index contributed by atoms with van der Waals surface area (Å²) in [6, 6.07) is 6.00. The Morgan fingerprint density at radius 2 is 1.88 bits per heavy atom. The lowest BCUT2D eigenvalue weighted by Crippen LogP contribution is -2.08. The van der Waals surface area contributed by atoms with Crippen molar-refractivity contribution >= 4 is 10.9 Å². The van der Waals surface area contributed by atoms with Gasteiger partial charge in [0, 0.05) is 30.7 Å². The highest BCUT2D eigenvalue weighted by Gasteiger charge is 2.08. The normalized spacial score (nSPS) is 10.7. The van der Waals surface area contributed by atoms with Gasteiger partial charge >= 0.3 is 0 Å². The zero-order chi connectivity index (χ0) is 11.5. The first-order chi connectivity index (χ1) is 7.80. The topological polar surface area (TPSA) is 49.4 Å². The van der Waals surface area contributed by atoms with E-state index in [1.807, 2.05) is 24.4 Å². The molecular formula is C12H16N2O2. The molecule has 0 spiro atoms. The zero-order valence-electron chi connectivity index (χ0n) is 9.56. The third kappa shape index (κ3) is 1.72. The summed E-state index contributed by atoms with van der Waals surface area (Å²) in [5.74, 6) is 1.49. The molecule has 0 amide bonds. The van der Waals surface area contributed by atoms with Crippen LogP contribution in [-0.2, 0) is 6.54 Å². The smallest absolute Gasteiger partial charge is 0.162 e. The number of hydrogen-bond donors (Lipinski definition) is 1. The molecule has 1 heterocycles. The highest BCUT2D eigenvalue weighted by molar-refractivity contribution is 5.84. The van der Waals surface area contributed by atoms with Crippen molar-refractivity contribution in [3.05, 3.63) is 24.4 Å². The van der Waals surface area contributed by atoms with Crippen LogP contribution in [0.2, 0.25) is 0 Å². The van der Waals surface area contributed by atoms with Crippen LogP contribution in [-0.4, -0.2) is 25.3 Å². The van der Waals surface area contributed by atoms with E-state index in [-0.39, 0.29) is 0 Å². The second-order valence-corrected chi connectivity index (χ2v) is 3.56. The maximum absolute atomic E-state index is 5.56. The van der Waals surface area contributed by atoms with Crippen molar-refractivity contribution in [1.29, 1.82) is 0 Å². The molecule has 1 aromatic heterocycles. The third-order valence-electron chi connectivity index (χ3n) is 2.65. The largest absolute Gasteiger partial charge is 0.493 e. The van der Waals surface area contributed by atoms with Gasteiger partial charge in [0.2, 0.25) is 0 Å². The molecule has 86 valence electrons. The van der Waals surface area contributed by atoms with Gasteiger partial charge in [0.25, 0.3) is 0 Å². The number of nitrogens with two attached hydrogens (primary N) is 1. The third-order valence-corrected chi connectivity index (χ3v) is 2.65. The highest BCUT2D eigenvalue weighted by Crippen LogP contribution is 2.32. The van der Waals surface area contributed by atoms with Gasteiger partial charge in [-0.1, -0.05) is 0 Å². The van der Waals surface area contributed by atoms with Crippen LogP contribution in [0.5, 0.6) is 11.5 Å². The molecule has 0 aliphatic carbocycles. The summed E-state index contributed by atoms with van der Waals surface area (Å²) in [7, 11) is 3.28. The Kier molecular flexibility index (Phi) is 3.01. The molecule has 0 atom stereocenters. The molecular weight excluding hydrogens is 204 g/mol. The van der Waals surface area contributed by atoms with Crippen molar-refractivity contribution in [2.24, 2.45) is 5.73 Å². The first kappa shape index (κ1) is 10.8. The summed E-state index contributed by atoms with van der Waals surface area (Å²) < 4.78 is 12.6. The maximum Gasteiger partial charge on any atom is 0.162 e. The molecule has 4 heteroatoms. The van der Waals surface area contributed by atoms with Gasteiger partial charge in [-0.25, -0.2) is 0 Å². The zero-order valence-corrected chi connectivity index (χ0v) is 9.56. The Balaban J connectivity index is 2.57. The average molecular weight is 220 g/mol. The van der Waals surface area contributed by atoms with E-state index in [0.717, 1.165) is 28.9 Å². The SMILES string of the molecule is COc1cc2ccn(CCN)c2cc1OC. The molecule has 0 bridgehead atoms. The fraction of sp³-hybridized carbons (Fsp3) is 0.333. The van der Waals surface area contributed by atoms with Crippen LogP contribution < -0.4 is 15.2 Å². The molecule has 0 saturated carbocycles. The molecule has 4 nitrogen and oxygen atoms in total. The van der Waals surface area contributed by atoms with Crippen molar-refractivity contribution in [3.63, 3.8) is 0 Å². The lowest BCUT2D eigenvalue weighted by molar-refractivity contribution is 0.355. The molecule has 2 rings (SSSR count). The minimum Gasteiger partial charge on any atom is -0.493 e. The van der Waals surface area contributed by atoms with Gasteiger partial charge in [-0.2, -0.15) is 0 Å². The molecule has 1 aromatic carbocycles. The molecule has 0 aliphatic rings. The summed E-state index contributed by atoms with van der Waals surface area (Å²) >= 11 is 0. The molecule has 2 aromatic rings. The van der Waals surface area contributed by atoms with Crippen LogP contribution in [0.25, 0.3) is 10.9 Å². The number of aromatic nitrogens is 1. The Labute approximate surface area is 94.6 Å². The molecule has 0 saturated heterocycles. The van der Waals surface area contributed by atoms with Crippen LogP contribution in [0.15, 0.2) is 24.4 Å². The van der Waals surface area contributed by atoms with Gasteiger partial charge in [-0.3, -0.25) is 0 Å². The van der Waals surface area contributed by atoms with Gasteiger partial charge < -0.3 is 19.8 Å². The molecule has 16 heavy (non-hydrogen) atoms. The lowest BCUT2D eigenvalue weighted by Gasteiger charge is -2.09. The number of hydrogen-bond acceptors (Lipinski definition) is 3. The van der Waals surface area contributed by atoms with Crippen molar-refractivity contribution in [2.75, 3.05) is 20.8 Å². The van der Waals surface area contributed by atoms with Gasteiger partial charge in [-0.05, 0) is 12.1 Å². The molecule has 0 unspecified atom stereocenters. The van der Waals surface area contributed by atoms with Crippen molar-refractivity contribution < 1.29 is 9.47 Å². The quantitative estimate of drug-likeness (QED) is 0.851. The van der Waals surface area contributed by atoms with Gasteiger partial charge in [0.15, 0.2) is 11.5 Å². The number of fused-ring (bicyclic) bond motifs is 1. The van der Waals surface area contributed by atoms with Crippen LogP contribution in [0.4, 0.5) is 0 Å². The van der Waals surface area contributed by atoms with Gasteiger partial charge in [0.05, 0.1) is 19.7 Å². The fourth-order valence-electron chi connectivity index (χ4n) is 1.85. The number of ether oxygens (including phenoxy) is 2. The number of rotatable bonds is 4. The Hall–Kier alpha value is -1.68. The predicted octanol–water partition coefficient (Wildman–Crippen LogP) is 1.62. The van der Waals surface area contributed by atoms with E-state index in [1.165, 1.54) is 0 Å². The summed E-state index contributed by atoms with van der Waals surface area (Å²) in [6.45, 7) is 1.43. The summed E-state index contributed by atoms with van der Waals surface area (Å²) in [5, 5.41) is 1.13. The van der Waals surface area contributed by atoms with E-state index < -0.39 is 0 Å². The Morgan fingerprint density at radius 3 is 2.50 bits per heavy atom. The minimum atomic E-state index is 0.623. The number of nitrogens with zero attached hydrogens (tertiary/aromatic N) is 1. The van der Waals surface area contributed by atoms with E-state index in [4.69, 9.17) is 15.2 Å². The molecule has 0 aliphatic heterocycles. The van der Waals surface area contributed by atoms with Crippen molar-refractivity contribution in [3.8, 4) is 11.5 Å². The van der Waals surface area contributed by atoms with Crippen LogP contribution in [0.3, 0.4) is 0 Å². The summed E-state index contributed by atoms with van der Waals surface area (Å²) in [4.78, 5) is 0. The number of benzene rings is 1. The van der Waals surface area contributed by atoms with Gasteiger partial charge in [0.1, 0.15) is 0 Å². The van der Waals surface area contributed by atoms with Crippen LogP contribution in [0, 0.1) is 0 Å². The van der Waals surface area contributed by atoms with E-state index in [1.54, 1.807) is 14.2 Å². The summed E-state index contributed by atoms with van der Waals surface area (Å²) in [5.41, 5.74) is 6.67. The molecule has 2 N–H and O–H groups in total. The Morgan fingerprint density at radius 1 is 1.19 bits per heavy atom. The number of methoxy groups -OCH3 is 2. The molecule has 0 radical (unpaired) electrons. The maximum atomic E-state index is 5.56.